The second kappa shape index (κ2) is 23.3. The van der Waals surface area contributed by atoms with Crippen LogP contribution in [0, 0.1) is 0 Å². The summed E-state index contributed by atoms with van der Waals surface area (Å²) < 4.78 is 0. The lowest BCUT2D eigenvalue weighted by Crippen LogP contribution is -2.21. The summed E-state index contributed by atoms with van der Waals surface area (Å²) >= 11 is 0. The lowest BCUT2D eigenvalue weighted by molar-refractivity contribution is 0.642. The minimum atomic E-state index is 0.932. The topological polar surface area (TPSA) is 64.1 Å². The fourth-order valence-electron chi connectivity index (χ4n) is 0.946. The van der Waals surface area contributed by atoms with Crippen molar-refractivity contribution < 1.29 is 0 Å². The molecule has 0 aliphatic rings. The van der Waals surface area contributed by atoms with Gasteiger partial charge in [0.15, 0.2) is 0 Å². The van der Waals surface area contributed by atoms with Gasteiger partial charge in [0.25, 0.3) is 0 Å². The summed E-state index contributed by atoms with van der Waals surface area (Å²) in [6, 6.07) is 0. The van der Waals surface area contributed by atoms with Crippen LogP contribution in [0.2, 0.25) is 0 Å². The summed E-state index contributed by atoms with van der Waals surface area (Å²) in [5.74, 6) is 5.20. The highest BCUT2D eigenvalue weighted by Gasteiger charge is 1.92. The third-order valence-corrected chi connectivity index (χ3v) is 1.69. The monoisotopic (exact) mass is 217 g/mol. The van der Waals surface area contributed by atoms with E-state index in [2.05, 4.69) is 12.3 Å². The number of hydrazine groups is 1. The molecular weight excluding hydrogens is 186 g/mol. The van der Waals surface area contributed by atoms with E-state index in [0.29, 0.717) is 0 Å². The van der Waals surface area contributed by atoms with Crippen LogP contribution in [0.4, 0.5) is 0 Å². The SMILES string of the molecule is CC.CC.CCCCCC/C(=C/N)NN. The molecule has 0 fully saturated rings. The van der Waals surface area contributed by atoms with Gasteiger partial charge in [0, 0.05) is 11.9 Å². The summed E-state index contributed by atoms with van der Waals surface area (Å²) in [5.41, 5.74) is 8.79. The lowest BCUT2D eigenvalue weighted by atomic mass is 10.1. The lowest BCUT2D eigenvalue weighted by Gasteiger charge is -2.03. The molecule has 0 saturated carbocycles. The zero-order valence-corrected chi connectivity index (χ0v) is 11.3. The molecule has 3 nitrogen and oxygen atoms in total. The van der Waals surface area contributed by atoms with Crippen LogP contribution in [0.3, 0.4) is 0 Å². The van der Waals surface area contributed by atoms with Gasteiger partial charge >= 0.3 is 0 Å². The largest absolute Gasteiger partial charge is 0.403 e. The minimum Gasteiger partial charge on any atom is -0.403 e. The van der Waals surface area contributed by atoms with E-state index in [-0.39, 0.29) is 0 Å². The van der Waals surface area contributed by atoms with E-state index < -0.39 is 0 Å². The van der Waals surface area contributed by atoms with Gasteiger partial charge in [-0.25, -0.2) is 0 Å². The molecule has 0 aromatic rings. The normalized spacial score (nSPS) is 9.33. The Morgan fingerprint density at radius 2 is 1.60 bits per heavy atom. The van der Waals surface area contributed by atoms with Crippen LogP contribution >= 0.6 is 0 Å². The van der Waals surface area contributed by atoms with E-state index in [4.69, 9.17) is 11.6 Å². The van der Waals surface area contributed by atoms with Gasteiger partial charge in [-0.1, -0.05) is 53.9 Å². The molecule has 0 aromatic heterocycles. The Balaban J connectivity index is -0.000000318. The Kier molecular flexibility index (Phi) is 30.7. The molecule has 0 bridgehead atoms. The summed E-state index contributed by atoms with van der Waals surface area (Å²) in [5, 5.41) is 0. The first kappa shape index (κ1) is 19.8. The van der Waals surface area contributed by atoms with Crippen molar-refractivity contribution >= 4 is 0 Å². The molecule has 0 aromatic carbocycles. The van der Waals surface area contributed by atoms with Crippen LogP contribution in [-0.2, 0) is 0 Å². The molecule has 0 aliphatic heterocycles. The maximum absolute atomic E-state index is 5.29. The van der Waals surface area contributed by atoms with Crippen LogP contribution in [0.25, 0.3) is 0 Å². The number of hydrogen-bond acceptors (Lipinski definition) is 3. The molecule has 0 heterocycles. The zero-order chi connectivity index (χ0) is 12.5. The number of rotatable bonds is 6. The van der Waals surface area contributed by atoms with E-state index >= 15 is 0 Å². The first-order valence-electron chi connectivity index (χ1n) is 6.22. The molecule has 0 atom stereocenters. The molecule has 3 heteroatoms. The van der Waals surface area contributed by atoms with Gasteiger partial charge in [-0.15, -0.1) is 0 Å². The average molecular weight is 217 g/mol. The van der Waals surface area contributed by atoms with Gasteiger partial charge in [-0.3, -0.25) is 5.84 Å². The maximum atomic E-state index is 5.29. The van der Waals surface area contributed by atoms with Crippen molar-refractivity contribution in [2.24, 2.45) is 11.6 Å². The van der Waals surface area contributed by atoms with Crippen LogP contribution in [0.1, 0.15) is 66.7 Å². The molecule has 0 rings (SSSR count). The first-order chi connectivity index (χ1) is 7.35. The van der Waals surface area contributed by atoms with Crippen molar-refractivity contribution in [1.29, 1.82) is 0 Å². The molecule has 0 aliphatic carbocycles. The van der Waals surface area contributed by atoms with Crippen LogP contribution < -0.4 is 17.0 Å². The van der Waals surface area contributed by atoms with E-state index in [1.54, 1.807) is 0 Å². The van der Waals surface area contributed by atoms with Gasteiger partial charge in [0.1, 0.15) is 0 Å². The highest BCUT2D eigenvalue weighted by Crippen LogP contribution is 2.05. The quantitative estimate of drug-likeness (QED) is 0.363. The van der Waals surface area contributed by atoms with Gasteiger partial charge in [0.2, 0.25) is 0 Å². The van der Waals surface area contributed by atoms with Crippen LogP contribution in [0.5, 0.6) is 0 Å². The molecule has 0 saturated heterocycles. The smallest absolute Gasteiger partial charge is 0.0413 e. The summed E-state index contributed by atoms with van der Waals surface area (Å²) in [6.45, 7) is 10.2. The first-order valence-corrected chi connectivity index (χ1v) is 6.22. The highest BCUT2D eigenvalue weighted by atomic mass is 15.2. The number of unbranched alkanes of at least 4 members (excludes halogenated alkanes) is 3. The number of nitrogens with two attached hydrogens (primary N) is 2. The Morgan fingerprint density at radius 1 is 1.07 bits per heavy atom. The Labute approximate surface area is 96.3 Å². The zero-order valence-electron chi connectivity index (χ0n) is 11.3. The van der Waals surface area contributed by atoms with Crippen molar-refractivity contribution in [3.63, 3.8) is 0 Å². The average Bonchev–Trinajstić information content (AvgIpc) is 2.35. The Bertz CT molecular complexity index is 111. The summed E-state index contributed by atoms with van der Waals surface area (Å²) in [6.07, 6.45) is 7.48. The van der Waals surface area contributed by atoms with Gasteiger partial charge < -0.3 is 11.2 Å². The van der Waals surface area contributed by atoms with Crippen LogP contribution in [0.15, 0.2) is 11.9 Å². The minimum absolute atomic E-state index is 0.932. The van der Waals surface area contributed by atoms with Gasteiger partial charge in [0.05, 0.1) is 0 Å². The molecule has 0 amide bonds. The van der Waals surface area contributed by atoms with Crippen molar-refractivity contribution in [3.05, 3.63) is 11.9 Å². The summed E-state index contributed by atoms with van der Waals surface area (Å²) in [4.78, 5) is 0. The third kappa shape index (κ3) is 19.6. The van der Waals surface area contributed by atoms with Crippen molar-refractivity contribution in [1.82, 2.24) is 5.43 Å². The highest BCUT2D eigenvalue weighted by molar-refractivity contribution is 4.94. The predicted octanol–water partition coefficient (Wildman–Crippen LogP) is 3.27. The molecular formula is C12H31N3. The van der Waals surface area contributed by atoms with Crippen molar-refractivity contribution in [3.8, 4) is 0 Å². The van der Waals surface area contributed by atoms with E-state index in [0.717, 1.165) is 12.1 Å². The van der Waals surface area contributed by atoms with Crippen molar-refractivity contribution in [2.75, 3.05) is 0 Å². The molecule has 94 valence electrons. The number of hydrogen-bond donors (Lipinski definition) is 3. The second-order valence-corrected chi connectivity index (χ2v) is 2.65. The van der Waals surface area contributed by atoms with E-state index in [1.807, 2.05) is 27.7 Å². The third-order valence-electron chi connectivity index (χ3n) is 1.69. The maximum Gasteiger partial charge on any atom is 0.0413 e. The van der Waals surface area contributed by atoms with Crippen LogP contribution in [-0.4, -0.2) is 0 Å². The Hall–Kier alpha value is -0.700. The van der Waals surface area contributed by atoms with E-state index in [9.17, 15) is 0 Å². The molecule has 5 N–H and O–H groups in total. The number of nitrogens with one attached hydrogen (secondary N) is 1. The molecule has 0 spiro atoms. The predicted molar refractivity (Wildman–Crippen MR) is 71.0 cm³/mol. The molecule has 0 unspecified atom stereocenters. The fraction of sp³-hybridized carbons (Fsp3) is 0.833. The Morgan fingerprint density at radius 3 is 1.93 bits per heavy atom. The molecule has 15 heavy (non-hydrogen) atoms. The second-order valence-electron chi connectivity index (χ2n) is 2.65. The standard InChI is InChI=1S/C8H19N3.2C2H6/c1-2-3-4-5-6-8(7-9)11-10;2*1-2/h7,11H,2-6,9-10H2,1H3;2*1-2H3/b8-7-;;. The van der Waals surface area contributed by atoms with Gasteiger partial charge in [-0.2, -0.15) is 0 Å². The molecule has 0 radical (unpaired) electrons. The van der Waals surface area contributed by atoms with E-state index in [1.165, 1.54) is 31.9 Å². The summed E-state index contributed by atoms with van der Waals surface area (Å²) in [7, 11) is 0. The van der Waals surface area contributed by atoms with Gasteiger partial charge in [-0.05, 0) is 12.8 Å². The number of allylic oxidation sites excluding steroid dienone is 1. The fourth-order valence-corrected chi connectivity index (χ4v) is 0.946. The van der Waals surface area contributed by atoms with Crippen molar-refractivity contribution in [2.45, 2.75) is 66.7 Å².